The van der Waals surface area contributed by atoms with Gasteiger partial charge >= 0.3 is 0 Å². The molecule has 2 rings (SSSR count). The van der Waals surface area contributed by atoms with Gasteiger partial charge in [0.15, 0.2) is 0 Å². The normalized spacial score (nSPS) is 16.4. The molecular weight excluding hydrogens is 148 g/mol. The molecule has 0 aromatic heterocycles. The van der Waals surface area contributed by atoms with Crippen molar-refractivity contribution in [2.75, 3.05) is 6.61 Å². The molecule has 1 aromatic carbocycles. The summed E-state index contributed by atoms with van der Waals surface area (Å²) in [6.45, 7) is 2.84. The maximum atomic E-state index is 5.53. The summed E-state index contributed by atoms with van der Waals surface area (Å²) < 4.78 is 5.53. The Morgan fingerprint density at radius 3 is 3.00 bits per heavy atom. The Kier molecular flexibility index (Phi) is 2.13. The van der Waals surface area contributed by atoms with Crippen molar-refractivity contribution in [1.29, 1.82) is 0 Å². The van der Waals surface area contributed by atoms with E-state index < -0.39 is 0 Å². The Morgan fingerprint density at radius 1 is 1.42 bits per heavy atom. The Labute approximate surface area is 73.4 Å². The minimum absolute atomic E-state index is 0.312. The molecule has 1 unspecified atom stereocenters. The van der Waals surface area contributed by atoms with Crippen LogP contribution in [0.15, 0.2) is 24.3 Å². The summed E-state index contributed by atoms with van der Waals surface area (Å²) in [7, 11) is 0. The van der Waals surface area contributed by atoms with Gasteiger partial charge in [0.25, 0.3) is 0 Å². The predicted molar refractivity (Wildman–Crippen MR) is 49.0 cm³/mol. The predicted octanol–water partition coefficient (Wildman–Crippen LogP) is 2.20. The fraction of sp³-hybridized carbons (Fsp3) is 0.364. The number of hydrogen-bond donors (Lipinski definition) is 0. The molecule has 0 saturated heterocycles. The van der Waals surface area contributed by atoms with Crippen molar-refractivity contribution in [1.82, 2.24) is 0 Å². The molecule has 63 valence electrons. The monoisotopic (exact) mass is 161 g/mol. The quantitative estimate of drug-likeness (QED) is 0.646. The van der Waals surface area contributed by atoms with Crippen LogP contribution in [0.25, 0.3) is 0 Å². The molecule has 0 saturated carbocycles. The molecule has 0 amide bonds. The van der Waals surface area contributed by atoms with E-state index in [0.717, 1.165) is 13.0 Å². The molecule has 0 bridgehead atoms. The second-order valence-electron chi connectivity index (χ2n) is 3.06. The van der Waals surface area contributed by atoms with E-state index >= 15 is 0 Å². The van der Waals surface area contributed by atoms with Gasteiger partial charge in [0.05, 0.1) is 6.10 Å². The van der Waals surface area contributed by atoms with Gasteiger partial charge in [-0.05, 0) is 24.5 Å². The Hall–Kier alpha value is -0.820. The molecular formula is C11H13O. The van der Waals surface area contributed by atoms with Crippen molar-refractivity contribution < 1.29 is 4.74 Å². The van der Waals surface area contributed by atoms with Crippen molar-refractivity contribution >= 4 is 0 Å². The summed E-state index contributed by atoms with van der Waals surface area (Å²) in [5, 5.41) is 0. The summed E-state index contributed by atoms with van der Waals surface area (Å²) >= 11 is 0. The van der Waals surface area contributed by atoms with Crippen molar-refractivity contribution in [3.63, 3.8) is 0 Å². The zero-order chi connectivity index (χ0) is 8.39. The number of rotatable bonds is 2. The zero-order valence-corrected chi connectivity index (χ0v) is 7.29. The second kappa shape index (κ2) is 3.28. The van der Waals surface area contributed by atoms with Gasteiger partial charge in [-0.1, -0.05) is 24.3 Å². The van der Waals surface area contributed by atoms with Gasteiger partial charge in [-0.25, -0.2) is 0 Å². The van der Waals surface area contributed by atoms with Crippen LogP contribution in [0.1, 0.15) is 18.1 Å². The highest BCUT2D eigenvalue weighted by Crippen LogP contribution is 2.25. The number of fused-ring (bicyclic) bond motifs is 1. The van der Waals surface area contributed by atoms with E-state index in [9.17, 15) is 0 Å². The average molecular weight is 161 g/mol. The lowest BCUT2D eigenvalue weighted by molar-refractivity contribution is 0.0932. The molecule has 0 aliphatic heterocycles. The summed E-state index contributed by atoms with van der Waals surface area (Å²) in [6.07, 6.45) is 3.57. The van der Waals surface area contributed by atoms with Crippen LogP contribution < -0.4 is 0 Å². The Bertz CT molecular complexity index is 242. The average Bonchev–Trinajstić information content (AvgIpc) is 2.47. The largest absolute Gasteiger partial charge is 0.378 e. The summed E-state index contributed by atoms with van der Waals surface area (Å²) in [4.78, 5) is 0. The van der Waals surface area contributed by atoms with Crippen molar-refractivity contribution in [2.45, 2.75) is 19.4 Å². The van der Waals surface area contributed by atoms with Crippen LogP contribution in [-0.2, 0) is 11.2 Å². The Balaban J connectivity index is 2.11. The van der Waals surface area contributed by atoms with E-state index in [1.807, 2.05) is 6.92 Å². The molecule has 0 N–H and O–H groups in total. The first-order valence-corrected chi connectivity index (χ1v) is 4.44. The molecule has 0 fully saturated rings. The zero-order valence-electron chi connectivity index (χ0n) is 7.29. The van der Waals surface area contributed by atoms with E-state index in [2.05, 4.69) is 30.7 Å². The summed E-state index contributed by atoms with van der Waals surface area (Å²) in [6, 6.07) is 8.48. The lowest BCUT2D eigenvalue weighted by Crippen LogP contribution is -2.10. The van der Waals surface area contributed by atoms with E-state index in [4.69, 9.17) is 4.74 Å². The van der Waals surface area contributed by atoms with E-state index in [1.165, 1.54) is 11.1 Å². The number of benzene rings is 1. The third-order valence-corrected chi connectivity index (χ3v) is 2.22. The van der Waals surface area contributed by atoms with Gasteiger partial charge in [0, 0.05) is 13.0 Å². The van der Waals surface area contributed by atoms with E-state index in [0.29, 0.717) is 6.10 Å². The van der Waals surface area contributed by atoms with Crippen LogP contribution in [-0.4, -0.2) is 12.7 Å². The van der Waals surface area contributed by atoms with Gasteiger partial charge in [-0.2, -0.15) is 0 Å². The lowest BCUT2D eigenvalue weighted by Gasteiger charge is -2.06. The van der Waals surface area contributed by atoms with Gasteiger partial charge < -0.3 is 4.74 Å². The molecule has 1 aliphatic rings. The van der Waals surface area contributed by atoms with E-state index in [-0.39, 0.29) is 0 Å². The first kappa shape index (κ1) is 7.81. The molecule has 0 spiro atoms. The molecule has 0 heterocycles. The van der Waals surface area contributed by atoms with Crippen LogP contribution in [0.5, 0.6) is 0 Å². The second-order valence-corrected chi connectivity index (χ2v) is 3.06. The maximum Gasteiger partial charge on any atom is 0.0690 e. The van der Waals surface area contributed by atoms with E-state index in [1.54, 1.807) is 0 Å². The van der Waals surface area contributed by atoms with Crippen LogP contribution >= 0.6 is 0 Å². The highest BCUT2D eigenvalue weighted by Gasteiger charge is 2.20. The third-order valence-electron chi connectivity index (χ3n) is 2.22. The highest BCUT2D eigenvalue weighted by atomic mass is 16.5. The molecule has 1 nitrogen and oxygen atoms in total. The van der Waals surface area contributed by atoms with Gasteiger partial charge in [0.1, 0.15) is 0 Å². The van der Waals surface area contributed by atoms with Crippen LogP contribution in [0.2, 0.25) is 0 Å². The summed E-state index contributed by atoms with van der Waals surface area (Å²) in [5.74, 6) is 0. The fourth-order valence-electron chi connectivity index (χ4n) is 1.68. The molecule has 1 radical (unpaired) electrons. The fourth-order valence-corrected chi connectivity index (χ4v) is 1.68. The van der Waals surface area contributed by atoms with Gasteiger partial charge in [-0.3, -0.25) is 0 Å². The van der Waals surface area contributed by atoms with Gasteiger partial charge in [0.2, 0.25) is 0 Å². The van der Waals surface area contributed by atoms with Crippen LogP contribution in [0.3, 0.4) is 0 Å². The Morgan fingerprint density at radius 2 is 2.25 bits per heavy atom. The van der Waals surface area contributed by atoms with Crippen LogP contribution in [0.4, 0.5) is 0 Å². The number of ether oxygens (including phenoxy) is 1. The maximum absolute atomic E-state index is 5.53. The highest BCUT2D eigenvalue weighted by molar-refractivity contribution is 5.39. The minimum Gasteiger partial charge on any atom is -0.378 e. The first-order valence-electron chi connectivity index (χ1n) is 4.44. The smallest absolute Gasteiger partial charge is 0.0690 e. The van der Waals surface area contributed by atoms with Crippen LogP contribution in [0, 0.1) is 6.42 Å². The molecule has 1 aromatic rings. The van der Waals surface area contributed by atoms with Crippen molar-refractivity contribution in [2.24, 2.45) is 0 Å². The SMILES string of the molecule is CCOC1[CH]c2ccccc2C1. The molecule has 1 aliphatic carbocycles. The summed E-state index contributed by atoms with van der Waals surface area (Å²) in [5.41, 5.74) is 2.76. The molecule has 1 heteroatoms. The third kappa shape index (κ3) is 1.37. The molecule has 1 atom stereocenters. The van der Waals surface area contributed by atoms with Gasteiger partial charge in [-0.15, -0.1) is 0 Å². The first-order chi connectivity index (χ1) is 5.90. The molecule has 12 heavy (non-hydrogen) atoms. The topological polar surface area (TPSA) is 9.23 Å². The van der Waals surface area contributed by atoms with Crippen molar-refractivity contribution in [3.05, 3.63) is 41.8 Å². The van der Waals surface area contributed by atoms with Crippen molar-refractivity contribution in [3.8, 4) is 0 Å². The lowest BCUT2D eigenvalue weighted by atomic mass is 10.1. The number of hydrogen-bond acceptors (Lipinski definition) is 1. The minimum atomic E-state index is 0.312. The standard InChI is InChI=1S/C11H13O/c1-2-12-11-7-9-5-3-4-6-10(9)8-11/h3-7,11H,2,8H2,1H3.